The third kappa shape index (κ3) is 3.73. The van der Waals surface area contributed by atoms with Crippen LogP contribution in [0.2, 0.25) is 5.02 Å². The van der Waals surface area contributed by atoms with Crippen LogP contribution >= 0.6 is 22.9 Å². The fourth-order valence-electron chi connectivity index (χ4n) is 4.02. The Labute approximate surface area is 183 Å². The second kappa shape index (κ2) is 8.06. The highest BCUT2D eigenvalue weighted by atomic mass is 35.5. The third-order valence-electron chi connectivity index (χ3n) is 5.60. The first-order valence-corrected chi connectivity index (χ1v) is 11.2. The fourth-order valence-corrected chi connectivity index (χ4v) is 4.99. The number of oxazole rings is 1. The molecule has 1 unspecified atom stereocenters. The van der Waals surface area contributed by atoms with Crippen LogP contribution in [0.3, 0.4) is 0 Å². The van der Waals surface area contributed by atoms with Crippen molar-refractivity contribution in [2.24, 2.45) is 5.92 Å². The molecule has 6 nitrogen and oxygen atoms in total. The van der Waals surface area contributed by atoms with Crippen LogP contribution in [0.25, 0.3) is 11.5 Å². The fraction of sp³-hybridized carbons (Fsp3) is 0.364. The van der Waals surface area contributed by atoms with E-state index in [4.69, 9.17) is 30.5 Å². The molecule has 0 bridgehead atoms. The highest BCUT2D eigenvalue weighted by molar-refractivity contribution is 7.12. The quantitative estimate of drug-likeness (QED) is 0.504. The zero-order chi connectivity index (χ0) is 20.7. The van der Waals surface area contributed by atoms with Gasteiger partial charge in [-0.1, -0.05) is 17.7 Å². The van der Waals surface area contributed by atoms with Gasteiger partial charge in [-0.05, 0) is 43.8 Å². The maximum absolute atomic E-state index is 12.8. The zero-order valence-corrected chi connectivity index (χ0v) is 18.1. The van der Waals surface area contributed by atoms with E-state index in [1.54, 1.807) is 12.1 Å². The van der Waals surface area contributed by atoms with Gasteiger partial charge in [0.2, 0.25) is 12.7 Å². The summed E-state index contributed by atoms with van der Waals surface area (Å²) in [6, 6.07) is 7.37. The van der Waals surface area contributed by atoms with E-state index in [0.717, 1.165) is 42.3 Å². The van der Waals surface area contributed by atoms with Crippen molar-refractivity contribution in [3.63, 3.8) is 0 Å². The van der Waals surface area contributed by atoms with Gasteiger partial charge in [-0.3, -0.25) is 9.69 Å². The highest BCUT2D eigenvalue weighted by Gasteiger charge is 2.28. The number of hydrogen-bond donors (Lipinski definition) is 0. The van der Waals surface area contributed by atoms with Crippen LogP contribution in [0.5, 0.6) is 11.5 Å². The summed E-state index contributed by atoms with van der Waals surface area (Å²) in [6.07, 6.45) is 1.93. The summed E-state index contributed by atoms with van der Waals surface area (Å²) in [7, 11) is 0. The molecule has 4 heterocycles. The van der Waals surface area contributed by atoms with Crippen molar-refractivity contribution in [2.45, 2.75) is 26.3 Å². The predicted molar refractivity (Wildman–Crippen MR) is 114 cm³/mol. The Kier molecular flexibility index (Phi) is 5.26. The smallest absolute Gasteiger partial charge is 0.231 e. The van der Waals surface area contributed by atoms with Crippen molar-refractivity contribution in [1.82, 2.24) is 9.88 Å². The number of nitrogens with zero attached hydrogens (tertiary/aromatic N) is 2. The standard InChI is InChI=1S/C22H21ClN2O4S/c1-13-17(11-25-6-2-4-14(10-25)21(26)20-5-3-7-30-20)24-22(29-13)15-8-18-19(9-16(15)23)28-12-27-18/h3,5,7-9,14H,2,4,6,10-12H2,1H3. The van der Waals surface area contributed by atoms with Crippen LogP contribution < -0.4 is 9.47 Å². The molecule has 8 heteroatoms. The van der Waals surface area contributed by atoms with E-state index in [1.807, 2.05) is 24.4 Å². The molecule has 1 aromatic carbocycles. The number of rotatable bonds is 5. The van der Waals surface area contributed by atoms with Crippen molar-refractivity contribution >= 4 is 28.7 Å². The van der Waals surface area contributed by atoms with Gasteiger partial charge in [0.15, 0.2) is 17.3 Å². The summed E-state index contributed by atoms with van der Waals surface area (Å²) in [5.74, 6) is 2.77. The maximum Gasteiger partial charge on any atom is 0.231 e. The normalized spacial score (nSPS) is 18.7. The molecule has 3 aromatic rings. The van der Waals surface area contributed by atoms with Crippen LogP contribution in [0.1, 0.15) is 34.0 Å². The van der Waals surface area contributed by atoms with E-state index in [1.165, 1.54) is 11.3 Å². The average Bonchev–Trinajstić information content (AvgIpc) is 3.49. The van der Waals surface area contributed by atoms with Crippen molar-refractivity contribution in [1.29, 1.82) is 0 Å². The van der Waals surface area contributed by atoms with Gasteiger partial charge in [0.1, 0.15) is 5.76 Å². The molecule has 156 valence electrons. The van der Waals surface area contributed by atoms with Crippen molar-refractivity contribution in [3.8, 4) is 23.0 Å². The van der Waals surface area contributed by atoms with Gasteiger partial charge in [0.05, 0.1) is 21.2 Å². The number of carbonyl (C=O) groups is 1. The Hall–Kier alpha value is -2.35. The summed E-state index contributed by atoms with van der Waals surface area (Å²) in [6.45, 7) is 4.42. The summed E-state index contributed by atoms with van der Waals surface area (Å²) in [5.41, 5.74) is 1.54. The minimum Gasteiger partial charge on any atom is -0.454 e. The zero-order valence-electron chi connectivity index (χ0n) is 16.5. The first kappa shape index (κ1) is 19.6. The lowest BCUT2D eigenvalue weighted by Gasteiger charge is -2.31. The van der Waals surface area contributed by atoms with Gasteiger partial charge in [0.25, 0.3) is 0 Å². The van der Waals surface area contributed by atoms with Crippen molar-refractivity contribution in [2.75, 3.05) is 19.9 Å². The number of carbonyl (C=O) groups excluding carboxylic acids is 1. The van der Waals surface area contributed by atoms with Crippen LogP contribution in [0, 0.1) is 12.8 Å². The minimum absolute atomic E-state index is 0.0346. The van der Waals surface area contributed by atoms with E-state index in [-0.39, 0.29) is 18.5 Å². The van der Waals surface area contributed by atoms with Gasteiger partial charge in [0, 0.05) is 25.1 Å². The largest absolute Gasteiger partial charge is 0.454 e. The van der Waals surface area contributed by atoms with E-state index in [9.17, 15) is 4.79 Å². The number of thiophene rings is 1. The van der Waals surface area contributed by atoms with E-state index >= 15 is 0 Å². The van der Waals surface area contributed by atoms with Crippen molar-refractivity contribution < 1.29 is 18.7 Å². The van der Waals surface area contributed by atoms with Gasteiger partial charge in [-0.25, -0.2) is 4.98 Å². The average molecular weight is 445 g/mol. The molecular formula is C22H21ClN2O4S. The maximum atomic E-state index is 12.8. The first-order valence-electron chi connectivity index (χ1n) is 9.94. The Morgan fingerprint density at radius 1 is 1.33 bits per heavy atom. The number of benzene rings is 1. The molecule has 0 aliphatic carbocycles. The molecular weight excluding hydrogens is 424 g/mol. The van der Waals surface area contributed by atoms with Crippen LogP contribution in [-0.2, 0) is 6.54 Å². The van der Waals surface area contributed by atoms with Crippen LogP contribution in [0.4, 0.5) is 0 Å². The molecule has 2 aromatic heterocycles. The first-order chi connectivity index (χ1) is 14.6. The van der Waals surface area contributed by atoms with Gasteiger partial charge < -0.3 is 13.9 Å². The number of aromatic nitrogens is 1. The SMILES string of the molecule is Cc1oc(-c2cc3c(cc2Cl)OCO3)nc1CN1CCCC(C(=O)c2cccs2)C1. The van der Waals surface area contributed by atoms with E-state index in [0.29, 0.717) is 34.5 Å². The molecule has 2 aliphatic heterocycles. The number of likely N-dealkylation sites (tertiary alicyclic amines) is 1. The second-order valence-electron chi connectivity index (χ2n) is 7.62. The predicted octanol–water partition coefficient (Wildman–Crippen LogP) is 5.19. The van der Waals surface area contributed by atoms with Crippen LogP contribution in [0.15, 0.2) is 34.1 Å². The summed E-state index contributed by atoms with van der Waals surface area (Å²) < 4.78 is 16.7. The van der Waals surface area contributed by atoms with E-state index < -0.39 is 0 Å². The Balaban J connectivity index is 1.33. The monoisotopic (exact) mass is 444 g/mol. The topological polar surface area (TPSA) is 64.8 Å². The number of piperidine rings is 1. The van der Waals surface area contributed by atoms with Gasteiger partial charge in [-0.2, -0.15) is 0 Å². The number of halogens is 1. The molecule has 5 rings (SSSR count). The Morgan fingerprint density at radius 3 is 2.97 bits per heavy atom. The molecule has 0 N–H and O–H groups in total. The number of fused-ring (bicyclic) bond motifs is 1. The third-order valence-corrected chi connectivity index (χ3v) is 6.80. The highest BCUT2D eigenvalue weighted by Crippen LogP contribution is 2.41. The number of hydrogen-bond acceptors (Lipinski definition) is 7. The lowest BCUT2D eigenvalue weighted by molar-refractivity contribution is 0.0814. The molecule has 0 saturated carbocycles. The minimum atomic E-state index is 0.0346. The molecule has 0 spiro atoms. The molecule has 2 aliphatic rings. The van der Waals surface area contributed by atoms with Gasteiger partial charge >= 0.3 is 0 Å². The summed E-state index contributed by atoms with van der Waals surface area (Å²) in [4.78, 5) is 20.6. The molecule has 1 atom stereocenters. The molecule has 1 saturated heterocycles. The number of aryl methyl sites for hydroxylation is 1. The Morgan fingerprint density at radius 2 is 2.17 bits per heavy atom. The molecule has 1 fully saturated rings. The number of ether oxygens (including phenoxy) is 2. The van der Waals surface area contributed by atoms with Gasteiger partial charge in [-0.15, -0.1) is 11.3 Å². The molecule has 0 amide bonds. The Bertz CT molecular complexity index is 1080. The summed E-state index contributed by atoms with van der Waals surface area (Å²) in [5, 5.41) is 2.46. The lowest BCUT2D eigenvalue weighted by atomic mass is 9.93. The lowest BCUT2D eigenvalue weighted by Crippen LogP contribution is -2.38. The molecule has 0 radical (unpaired) electrons. The second-order valence-corrected chi connectivity index (χ2v) is 8.98. The van der Waals surface area contributed by atoms with Crippen LogP contribution in [-0.4, -0.2) is 35.5 Å². The van der Waals surface area contributed by atoms with Crippen molar-refractivity contribution in [3.05, 3.63) is 51.0 Å². The van der Waals surface area contributed by atoms with E-state index in [2.05, 4.69) is 4.90 Å². The number of Topliss-reactive ketones (excluding diaryl/α,β-unsaturated/α-hetero) is 1. The molecule has 30 heavy (non-hydrogen) atoms. The summed E-state index contributed by atoms with van der Waals surface area (Å²) >= 11 is 7.93. The number of ketones is 1.